The minimum atomic E-state index is -0.509. The number of rotatable bonds is 7. The van der Waals surface area contributed by atoms with Gasteiger partial charge >= 0.3 is 0 Å². The van der Waals surface area contributed by atoms with Crippen molar-refractivity contribution >= 4 is 5.91 Å². The van der Waals surface area contributed by atoms with E-state index in [4.69, 9.17) is 9.84 Å². The molecule has 4 heteroatoms. The molecule has 0 saturated carbocycles. The summed E-state index contributed by atoms with van der Waals surface area (Å²) in [6.07, 6.45) is 0.828. The molecule has 2 N–H and O–H groups in total. The largest absolute Gasteiger partial charge is 0.497 e. The summed E-state index contributed by atoms with van der Waals surface area (Å²) in [5, 5.41) is 11.9. The number of carbonyl (C=O) groups excluding carboxylic acids is 1. The third-order valence-electron chi connectivity index (χ3n) is 3.11. The van der Waals surface area contributed by atoms with E-state index in [1.807, 2.05) is 24.3 Å². The van der Waals surface area contributed by atoms with Crippen LogP contribution in [0.2, 0.25) is 0 Å². The summed E-state index contributed by atoms with van der Waals surface area (Å²) in [5.74, 6) is 0.987. The molecule has 1 amide bonds. The Labute approximate surface area is 114 Å². The Bertz CT molecular complexity index is 387. The number of amides is 1. The molecule has 2 unspecified atom stereocenters. The van der Waals surface area contributed by atoms with Gasteiger partial charge in [-0.15, -0.1) is 0 Å². The van der Waals surface area contributed by atoms with E-state index in [-0.39, 0.29) is 11.8 Å². The van der Waals surface area contributed by atoms with Crippen LogP contribution in [0.15, 0.2) is 24.3 Å². The molecule has 0 spiro atoms. The molecular weight excluding hydrogens is 242 g/mol. The van der Waals surface area contributed by atoms with Gasteiger partial charge in [0.25, 0.3) is 0 Å². The van der Waals surface area contributed by atoms with E-state index in [1.165, 1.54) is 0 Å². The molecule has 1 rings (SSSR count). The summed E-state index contributed by atoms with van der Waals surface area (Å²) in [5.41, 5.74) is 1.13. The summed E-state index contributed by atoms with van der Waals surface area (Å²) in [7, 11) is 1.63. The van der Waals surface area contributed by atoms with E-state index in [1.54, 1.807) is 14.0 Å². The minimum Gasteiger partial charge on any atom is -0.497 e. The van der Waals surface area contributed by atoms with Crippen LogP contribution in [0.25, 0.3) is 0 Å². The third-order valence-corrected chi connectivity index (χ3v) is 3.11. The van der Waals surface area contributed by atoms with Crippen LogP contribution in [0.1, 0.15) is 38.2 Å². The van der Waals surface area contributed by atoms with E-state index >= 15 is 0 Å². The summed E-state index contributed by atoms with van der Waals surface area (Å²) >= 11 is 0. The fraction of sp³-hybridized carbons (Fsp3) is 0.533. The molecule has 1 aromatic carbocycles. The van der Waals surface area contributed by atoms with Crippen LogP contribution in [0.3, 0.4) is 0 Å². The Morgan fingerprint density at radius 2 is 2.00 bits per heavy atom. The van der Waals surface area contributed by atoms with Gasteiger partial charge in [0.2, 0.25) is 5.91 Å². The van der Waals surface area contributed by atoms with Crippen LogP contribution in [0.4, 0.5) is 0 Å². The first-order valence-electron chi connectivity index (χ1n) is 6.65. The van der Waals surface area contributed by atoms with Crippen molar-refractivity contribution in [1.29, 1.82) is 0 Å². The number of aliphatic hydroxyl groups is 1. The molecule has 1 aromatic rings. The molecule has 0 aliphatic rings. The second-order valence-corrected chi connectivity index (χ2v) is 4.74. The molecule has 19 heavy (non-hydrogen) atoms. The maximum absolute atomic E-state index is 11.8. The predicted molar refractivity (Wildman–Crippen MR) is 75.3 cm³/mol. The van der Waals surface area contributed by atoms with E-state index < -0.39 is 6.10 Å². The van der Waals surface area contributed by atoms with Gasteiger partial charge in [-0.1, -0.05) is 19.1 Å². The van der Waals surface area contributed by atoms with Crippen molar-refractivity contribution in [1.82, 2.24) is 5.32 Å². The summed E-state index contributed by atoms with van der Waals surface area (Å²) < 4.78 is 5.12. The van der Waals surface area contributed by atoms with Crippen LogP contribution in [-0.2, 0) is 4.79 Å². The smallest absolute Gasteiger partial charge is 0.220 e. The lowest BCUT2D eigenvalue weighted by molar-refractivity contribution is -0.121. The molecule has 0 bridgehead atoms. The zero-order chi connectivity index (χ0) is 14.3. The number of hydrogen-bond donors (Lipinski definition) is 2. The fourth-order valence-corrected chi connectivity index (χ4v) is 1.93. The highest BCUT2D eigenvalue weighted by Crippen LogP contribution is 2.25. The zero-order valence-corrected chi connectivity index (χ0v) is 11.8. The highest BCUT2D eigenvalue weighted by atomic mass is 16.5. The summed E-state index contributed by atoms with van der Waals surface area (Å²) in [4.78, 5) is 11.8. The number of benzene rings is 1. The van der Waals surface area contributed by atoms with Crippen LogP contribution >= 0.6 is 0 Å². The lowest BCUT2D eigenvalue weighted by Crippen LogP contribution is -2.31. The molecule has 106 valence electrons. The normalized spacial score (nSPS) is 13.7. The minimum absolute atomic E-state index is 0.0245. The average molecular weight is 265 g/mol. The molecule has 0 heterocycles. The van der Waals surface area contributed by atoms with E-state index in [0.717, 1.165) is 17.7 Å². The molecule has 0 aliphatic carbocycles. The maximum Gasteiger partial charge on any atom is 0.220 e. The Balaban J connectivity index is 2.59. The molecule has 4 nitrogen and oxygen atoms in total. The number of hydrogen-bond acceptors (Lipinski definition) is 3. The Morgan fingerprint density at radius 1 is 1.37 bits per heavy atom. The van der Waals surface area contributed by atoms with Crippen molar-refractivity contribution in [2.75, 3.05) is 13.7 Å². The maximum atomic E-state index is 11.8. The monoisotopic (exact) mass is 265 g/mol. The average Bonchev–Trinajstić information content (AvgIpc) is 2.42. The van der Waals surface area contributed by atoms with Crippen molar-refractivity contribution in [2.45, 2.75) is 38.7 Å². The first-order valence-corrected chi connectivity index (χ1v) is 6.65. The second kappa shape index (κ2) is 7.79. The van der Waals surface area contributed by atoms with Crippen molar-refractivity contribution in [3.8, 4) is 5.75 Å². The van der Waals surface area contributed by atoms with Gasteiger partial charge < -0.3 is 15.2 Å². The lowest BCUT2D eigenvalue weighted by Gasteiger charge is -2.16. The van der Waals surface area contributed by atoms with Gasteiger partial charge in [0.1, 0.15) is 5.75 Å². The third kappa shape index (κ3) is 5.30. The van der Waals surface area contributed by atoms with Gasteiger partial charge in [-0.3, -0.25) is 4.79 Å². The molecular formula is C15H23NO3. The second-order valence-electron chi connectivity index (χ2n) is 4.74. The summed E-state index contributed by atoms with van der Waals surface area (Å²) in [6, 6.07) is 7.81. The number of nitrogens with one attached hydrogen (secondary N) is 1. The standard InChI is InChI=1S/C15H23NO3/c1-4-12(9-15(18)16-10-11(2)17)13-5-7-14(19-3)8-6-13/h5-8,11-12,17H,4,9-10H2,1-3H3,(H,16,18). The van der Waals surface area contributed by atoms with Gasteiger partial charge in [0, 0.05) is 13.0 Å². The van der Waals surface area contributed by atoms with E-state index in [9.17, 15) is 4.79 Å². The fourth-order valence-electron chi connectivity index (χ4n) is 1.93. The van der Waals surface area contributed by atoms with Gasteiger partial charge in [0.05, 0.1) is 13.2 Å². The molecule has 0 radical (unpaired) electrons. The first kappa shape index (κ1) is 15.5. The Morgan fingerprint density at radius 3 is 2.47 bits per heavy atom. The van der Waals surface area contributed by atoms with Crippen molar-refractivity contribution in [3.05, 3.63) is 29.8 Å². The molecule has 0 saturated heterocycles. The van der Waals surface area contributed by atoms with Gasteiger partial charge in [-0.05, 0) is 37.0 Å². The Kier molecular flexibility index (Phi) is 6.36. The number of carbonyl (C=O) groups is 1. The topological polar surface area (TPSA) is 58.6 Å². The molecule has 0 fully saturated rings. The number of ether oxygens (including phenoxy) is 1. The molecule has 2 atom stereocenters. The highest BCUT2D eigenvalue weighted by Gasteiger charge is 2.14. The highest BCUT2D eigenvalue weighted by molar-refractivity contribution is 5.76. The SMILES string of the molecule is CCC(CC(=O)NCC(C)O)c1ccc(OC)cc1. The Hall–Kier alpha value is -1.55. The van der Waals surface area contributed by atoms with Gasteiger partial charge in [-0.25, -0.2) is 0 Å². The summed E-state index contributed by atoms with van der Waals surface area (Å²) in [6.45, 7) is 4.02. The van der Waals surface area contributed by atoms with Gasteiger partial charge in [-0.2, -0.15) is 0 Å². The number of methoxy groups -OCH3 is 1. The van der Waals surface area contributed by atoms with E-state index in [0.29, 0.717) is 13.0 Å². The molecule has 0 aromatic heterocycles. The predicted octanol–water partition coefficient (Wildman–Crippen LogP) is 2.08. The van der Waals surface area contributed by atoms with Crippen LogP contribution in [0, 0.1) is 0 Å². The molecule has 0 aliphatic heterocycles. The quantitative estimate of drug-likeness (QED) is 0.793. The van der Waals surface area contributed by atoms with Crippen molar-refractivity contribution < 1.29 is 14.6 Å². The zero-order valence-electron chi connectivity index (χ0n) is 11.8. The number of aliphatic hydroxyl groups excluding tert-OH is 1. The van der Waals surface area contributed by atoms with Crippen LogP contribution in [-0.4, -0.2) is 30.8 Å². The van der Waals surface area contributed by atoms with Crippen LogP contribution in [0.5, 0.6) is 5.75 Å². The first-order chi connectivity index (χ1) is 9.06. The van der Waals surface area contributed by atoms with Gasteiger partial charge in [0.15, 0.2) is 0 Å². The lowest BCUT2D eigenvalue weighted by atomic mass is 9.93. The van der Waals surface area contributed by atoms with Crippen molar-refractivity contribution in [3.63, 3.8) is 0 Å². The van der Waals surface area contributed by atoms with Crippen LogP contribution < -0.4 is 10.1 Å². The van der Waals surface area contributed by atoms with E-state index in [2.05, 4.69) is 12.2 Å². The van der Waals surface area contributed by atoms with Crippen molar-refractivity contribution in [2.24, 2.45) is 0 Å².